The first-order valence-electron chi connectivity index (χ1n) is 6.53. The molecule has 0 amide bonds. The third-order valence-corrected chi connectivity index (χ3v) is 5.56. The van der Waals surface area contributed by atoms with Crippen molar-refractivity contribution in [3.05, 3.63) is 47.5 Å². The molecule has 0 spiro atoms. The molecule has 0 aromatic heterocycles. The van der Waals surface area contributed by atoms with E-state index in [-0.39, 0.29) is 10.6 Å². The summed E-state index contributed by atoms with van der Waals surface area (Å²) in [4.78, 5) is -0.670. The largest absolute Gasteiger partial charge is 0.398 e. The van der Waals surface area contributed by atoms with E-state index in [1.165, 1.54) is 12.1 Å². The second-order valence-corrected chi connectivity index (χ2v) is 8.38. The minimum atomic E-state index is -4.12. The van der Waals surface area contributed by atoms with Crippen molar-refractivity contribution in [2.45, 2.75) is 23.6 Å². The molecule has 0 aliphatic heterocycles. The molecular formula is C14H17N3O4S2. The minimum Gasteiger partial charge on any atom is -0.398 e. The second kappa shape index (κ2) is 5.84. The molecular weight excluding hydrogens is 338 g/mol. The van der Waals surface area contributed by atoms with Crippen LogP contribution in [0.3, 0.4) is 0 Å². The summed E-state index contributed by atoms with van der Waals surface area (Å²) in [5.41, 5.74) is 7.57. The Bertz CT molecular complexity index is 968. The first-order chi connectivity index (χ1) is 10.5. The van der Waals surface area contributed by atoms with Crippen LogP contribution in [0.2, 0.25) is 0 Å². The number of aryl methyl sites for hydroxylation is 2. The average Bonchev–Trinajstić information content (AvgIpc) is 2.41. The van der Waals surface area contributed by atoms with Gasteiger partial charge in [-0.1, -0.05) is 17.7 Å². The normalized spacial score (nSPS) is 12.1. The highest BCUT2D eigenvalue weighted by Gasteiger charge is 2.20. The lowest BCUT2D eigenvalue weighted by molar-refractivity contribution is 0.597. The van der Waals surface area contributed by atoms with Gasteiger partial charge in [-0.15, -0.1) is 0 Å². The van der Waals surface area contributed by atoms with Crippen LogP contribution in [-0.2, 0) is 20.0 Å². The zero-order valence-electron chi connectivity index (χ0n) is 12.6. The molecule has 2 aromatic rings. The summed E-state index contributed by atoms with van der Waals surface area (Å²) in [6.07, 6.45) is 0. The maximum Gasteiger partial charge on any atom is 0.261 e. The van der Waals surface area contributed by atoms with E-state index in [4.69, 9.17) is 10.9 Å². The number of sulfonamides is 2. The lowest BCUT2D eigenvalue weighted by Crippen LogP contribution is -2.18. The molecule has 0 aliphatic rings. The fraction of sp³-hybridized carbons (Fsp3) is 0.143. The van der Waals surface area contributed by atoms with Gasteiger partial charge in [0, 0.05) is 0 Å². The Balaban J connectivity index is 2.48. The van der Waals surface area contributed by atoms with Crippen molar-refractivity contribution in [1.82, 2.24) is 0 Å². The standard InChI is InChI=1S/C14H17N3O4S2/c1-9-3-6-13(10(2)7-9)17-23(20,21)11-4-5-12(15)14(8-11)22(16,18)19/h3-8,17H,15H2,1-2H3,(H2,16,18,19). The Morgan fingerprint density at radius 2 is 1.61 bits per heavy atom. The molecule has 0 bridgehead atoms. The highest BCUT2D eigenvalue weighted by molar-refractivity contribution is 7.93. The SMILES string of the molecule is Cc1ccc(NS(=O)(=O)c2ccc(N)c(S(N)(=O)=O)c2)c(C)c1. The first-order valence-corrected chi connectivity index (χ1v) is 9.56. The van der Waals surface area contributed by atoms with E-state index in [9.17, 15) is 16.8 Å². The topological polar surface area (TPSA) is 132 Å². The van der Waals surface area contributed by atoms with Gasteiger partial charge in [0.2, 0.25) is 10.0 Å². The fourth-order valence-electron chi connectivity index (χ4n) is 2.06. The summed E-state index contributed by atoms with van der Waals surface area (Å²) >= 11 is 0. The van der Waals surface area contributed by atoms with E-state index in [0.717, 1.165) is 17.2 Å². The highest BCUT2D eigenvalue weighted by Crippen LogP contribution is 2.24. The van der Waals surface area contributed by atoms with Crippen molar-refractivity contribution in [2.75, 3.05) is 10.5 Å². The molecule has 0 saturated carbocycles. The fourth-order valence-corrected chi connectivity index (χ4v) is 3.98. The van der Waals surface area contributed by atoms with Crippen LogP contribution in [-0.4, -0.2) is 16.8 Å². The van der Waals surface area contributed by atoms with Crippen LogP contribution >= 0.6 is 0 Å². The number of hydrogen-bond donors (Lipinski definition) is 3. The lowest BCUT2D eigenvalue weighted by atomic mass is 10.1. The molecule has 0 fully saturated rings. The summed E-state index contributed by atoms with van der Waals surface area (Å²) in [5.74, 6) is 0. The van der Waals surface area contributed by atoms with E-state index in [0.29, 0.717) is 5.69 Å². The molecule has 0 saturated heterocycles. The summed E-state index contributed by atoms with van der Waals surface area (Å²) in [5, 5.41) is 5.04. The van der Waals surface area contributed by atoms with Crippen molar-refractivity contribution >= 4 is 31.4 Å². The van der Waals surface area contributed by atoms with Crippen LogP contribution in [0.1, 0.15) is 11.1 Å². The molecule has 0 radical (unpaired) electrons. The molecule has 7 nitrogen and oxygen atoms in total. The van der Waals surface area contributed by atoms with Crippen LogP contribution in [0, 0.1) is 13.8 Å². The number of nitrogen functional groups attached to an aromatic ring is 1. The van der Waals surface area contributed by atoms with Gasteiger partial charge < -0.3 is 5.73 Å². The van der Waals surface area contributed by atoms with Crippen LogP contribution in [0.15, 0.2) is 46.2 Å². The van der Waals surface area contributed by atoms with E-state index < -0.39 is 24.9 Å². The summed E-state index contributed by atoms with van der Waals surface area (Å²) in [6.45, 7) is 3.66. The Kier molecular flexibility index (Phi) is 4.38. The first kappa shape index (κ1) is 17.3. The van der Waals surface area contributed by atoms with Crippen LogP contribution < -0.4 is 15.6 Å². The van der Waals surface area contributed by atoms with Gasteiger partial charge in [-0.2, -0.15) is 0 Å². The molecule has 124 valence electrons. The molecule has 0 atom stereocenters. The monoisotopic (exact) mass is 355 g/mol. The molecule has 2 rings (SSSR count). The Morgan fingerprint density at radius 1 is 0.957 bits per heavy atom. The van der Waals surface area contributed by atoms with Crippen molar-refractivity contribution in [2.24, 2.45) is 5.14 Å². The summed E-state index contributed by atoms with van der Waals surface area (Å²) in [7, 11) is -8.09. The molecule has 9 heteroatoms. The predicted molar refractivity (Wildman–Crippen MR) is 89.0 cm³/mol. The molecule has 2 aromatic carbocycles. The van der Waals surface area contributed by atoms with Gasteiger partial charge in [-0.3, -0.25) is 4.72 Å². The number of anilines is 2. The van der Waals surface area contributed by atoms with Crippen molar-refractivity contribution in [3.63, 3.8) is 0 Å². The van der Waals surface area contributed by atoms with E-state index in [1.807, 2.05) is 13.0 Å². The molecule has 0 unspecified atom stereocenters. The zero-order chi connectivity index (χ0) is 17.4. The van der Waals surface area contributed by atoms with Crippen molar-refractivity contribution in [3.8, 4) is 0 Å². The number of hydrogen-bond acceptors (Lipinski definition) is 5. The number of nitrogens with one attached hydrogen (secondary N) is 1. The summed E-state index contributed by atoms with van der Waals surface area (Å²) in [6, 6.07) is 8.59. The molecule has 23 heavy (non-hydrogen) atoms. The van der Waals surface area contributed by atoms with Gasteiger partial charge in [-0.25, -0.2) is 22.0 Å². The van der Waals surface area contributed by atoms with Crippen LogP contribution in [0.5, 0.6) is 0 Å². The van der Waals surface area contributed by atoms with Crippen LogP contribution in [0.25, 0.3) is 0 Å². The molecule has 0 heterocycles. The van der Waals surface area contributed by atoms with Crippen LogP contribution in [0.4, 0.5) is 11.4 Å². The average molecular weight is 355 g/mol. The number of primary sulfonamides is 1. The van der Waals surface area contributed by atoms with Gasteiger partial charge in [0.15, 0.2) is 0 Å². The Hall–Kier alpha value is -2.10. The maximum absolute atomic E-state index is 12.4. The second-order valence-electron chi connectivity index (χ2n) is 5.17. The van der Waals surface area contributed by atoms with Crippen molar-refractivity contribution < 1.29 is 16.8 Å². The molecule has 5 N–H and O–H groups in total. The van der Waals surface area contributed by atoms with E-state index in [2.05, 4.69) is 4.72 Å². The zero-order valence-corrected chi connectivity index (χ0v) is 14.2. The third kappa shape index (κ3) is 3.81. The van der Waals surface area contributed by atoms with E-state index >= 15 is 0 Å². The Labute approximate surface area is 135 Å². The maximum atomic E-state index is 12.4. The predicted octanol–water partition coefficient (Wildman–Crippen LogP) is 1.33. The van der Waals surface area contributed by atoms with Crippen molar-refractivity contribution in [1.29, 1.82) is 0 Å². The smallest absolute Gasteiger partial charge is 0.261 e. The Morgan fingerprint density at radius 3 is 2.17 bits per heavy atom. The summed E-state index contributed by atoms with van der Waals surface area (Å²) < 4.78 is 50.2. The van der Waals surface area contributed by atoms with Gasteiger partial charge in [0.05, 0.1) is 16.3 Å². The number of benzene rings is 2. The quantitative estimate of drug-likeness (QED) is 0.712. The van der Waals surface area contributed by atoms with E-state index in [1.54, 1.807) is 19.1 Å². The number of nitrogens with two attached hydrogens (primary N) is 2. The van der Waals surface area contributed by atoms with Gasteiger partial charge >= 0.3 is 0 Å². The number of rotatable bonds is 4. The third-order valence-electron chi connectivity index (χ3n) is 3.23. The van der Waals surface area contributed by atoms with Gasteiger partial charge in [0.1, 0.15) is 4.90 Å². The van der Waals surface area contributed by atoms with Gasteiger partial charge in [-0.05, 0) is 43.7 Å². The van der Waals surface area contributed by atoms with Gasteiger partial charge in [0.25, 0.3) is 10.0 Å². The highest BCUT2D eigenvalue weighted by atomic mass is 32.2. The minimum absolute atomic E-state index is 0.113. The molecule has 0 aliphatic carbocycles. The lowest BCUT2D eigenvalue weighted by Gasteiger charge is -2.12.